The van der Waals surface area contributed by atoms with Gasteiger partial charge in [-0.1, -0.05) is 105 Å². The number of hydrogen-bond acceptors (Lipinski definition) is 0. The molecule has 3 aromatic rings. The second-order valence-corrected chi connectivity index (χ2v) is 6.25. The van der Waals surface area contributed by atoms with E-state index in [4.69, 9.17) is 0 Å². The summed E-state index contributed by atoms with van der Waals surface area (Å²) in [4.78, 5) is 0. The Bertz CT molecular complexity index is 683. The fourth-order valence-corrected chi connectivity index (χ4v) is 3.72. The van der Waals surface area contributed by atoms with E-state index in [1.165, 1.54) is 33.4 Å². The zero-order valence-corrected chi connectivity index (χ0v) is 15.3. The van der Waals surface area contributed by atoms with E-state index in [-0.39, 0.29) is 0 Å². The molecule has 0 saturated carbocycles. The van der Waals surface area contributed by atoms with Crippen molar-refractivity contribution in [1.29, 1.82) is 0 Å². The monoisotopic (exact) mass is 414 g/mol. The van der Waals surface area contributed by atoms with Gasteiger partial charge in [0, 0.05) is 10.7 Å². The average Bonchev–Trinajstić information content (AvgIpc) is 2.61. The van der Waals surface area contributed by atoms with E-state index in [1.54, 1.807) is 0 Å². The maximum Gasteiger partial charge on any atom is 0.0289 e. The highest BCUT2D eigenvalue weighted by atomic mass is 79.9. The largest absolute Gasteiger partial charge is 0.0876 e. The van der Waals surface area contributed by atoms with Crippen LogP contribution in [0.4, 0.5) is 0 Å². The molecule has 0 heterocycles. The van der Waals surface area contributed by atoms with E-state index in [1.807, 2.05) is 0 Å². The first-order chi connectivity index (χ1) is 10.8. The van der Waals surface area contributed by atoms with Crippen LogP contribution in [0.1, 0.15) is 11.1 Å². The van der Waals surface area contributed by atoms with E-state index in [9.17, 15) is 0 Å². The van der Waals surface area contributed by atoms with Crippen molar-refractivity contribution < 1.29 is 0 Å². The van der Waals surface area contributed by atoms with Crippen LogP contribution in [-0.4, -0.2) is 0 Å². The van der Waals surface area contributed by atoms with Crippen molar-refractivity contribution in [2.45, 2.75) is 10.7 Å². The van der Waals surface area contributed by atoms with Crippen LogP contribution in [0.3, 0.4) is 0 Å². The molecule has 2 heteroatoms. The minimum absolute atomic E-state index is 0.847. The molecule has 0 unspecified atom stereocenters. The quantitative estimate of drug-likeness (QED) is 0.410. The molecule has 22 heavy (non-hydrogen) atoms. The first-order valence-electron chi connectivity index (χ1n) is 7.22. The summed E-state index contributed by atoms with van der Waals surface area (Å²) in [5, 5.41) is 1.69. The lowest BCUT2D eigenvalue weighted by molar-refractivity contribution is 1.36. The standard InChI is InChI=1S/C20H16Br2/c21-13-17-11-12-18(14-22)20(16-9-5-2-6-10-16)19(17)15-7-3-1-4-8-15/h1-12H,13-14H2. The van der Waals surface area contributed by atoms with Gasteiger partial charge in [0.1, 0.15) is 0 Å². The molecule has 0 nitrogen and oxygen atoms in total. The summed E-state index contributed by atoms with van der Waals surface area (Å²) < 4.78 is 0. The van der Waals surface area contributed by atoms with E-state index >= 15 is 0 Å². The summed E-state index contributed by atoms with van der Waals surface area (Å²) >= 11 is 7.29. The average molecular weight is 416 g/mol. The van der Waals surface area contributed by atoms with E-state index in [2.05, 4.69) is 105 Å². The van der Waals surface area contributed by atoms with Gasteiger partial charge in [0.15, 0.2) is 0 Å². The lowest BCUT2D eigenvalue weighted by Gasteiger charge is -2.18. The van der Waals surface area contributed by atoms with Crippen LogP contribution in [-0.2, 0) is 10.7 Å². The molecule has 0 spiro atoms. The Balaban J connectivity index is 2.35. The van der Waals surface area contributed by atoms with Gasteiger partial charge in [0.25, 0.3) is 0 Å². The Labute approximate surface area is 148 Å². The summed E-state index contributed by atoms with van der Waals surface area (Å²) in [6.45, 7) is 0. The molecule has 0 aromatic heterocycles. The molecule has 0 saturated heterocycles. The molecule has 0 bridgehead atoms. The van der Waals surface area contributed by atoms with Crippen LogP contribution in [0, 0.1) is 0 Å². The normalized spacial score (nSPS) is 10.6. The summed E-state index contributed by atoms with van der Waals surface area (Å²) in [7, 11) is 0. The molecule has 0 atom stereocenters. The molecular weight excluding hydrogens is 400 g/mol. The second-order valence-electron chi connectivity index (χ2n) is 5.13. The molecule has 0 amide bonds. The summed E-state index contributed by atoms with van der Waals surface area (Å²) in [6, 6.07) is 25.7. The van der Waals surface area contributed by atoms with Gasteiger partial charge in [0.2, 0.25) is 0 Å². The fraction of sp³-hybridized carbons (Fsp3) is 0.100. The molecular formula is C20H16Br2. The van der Waals surface area contributed by atoms with Gasteiger partial charge in [-0.05, 0) is 33.4 Å². The second kappa shape index (κ2) is 7.26. The van der Waals surface area contributed by atoms with Gasteiger partial charge in [-0.15, -0.1) is 0 Å². The van der Waals surface area contributed by atoms with Gasteiger partial charge in [-0.3, -0.25) is 0 Å². The smallest absolute Gasteiger partial charge is 0.0289 e. The highest BCUT2D eigenvalue weighted by Gasteiger charge is 2.15. The van der Waals surface area contributed by atoms with Crippen molar-refractivity contribution in [3.63, 3.8) is 0 Å². The van der Waals surface area contributed by atoms with Gasteiger partial charge >= 0.3 is 0 Å². The van der Waals surface area contributed by atoms with Crippen LogP contribution in [0.2, 0.25) is 0 Å². The minimum atomic E-state index is 0.847. The molecule has 0 N–H and O–H groups in total. The fourth-order valence-electron chi connectivity index (χ4n) is 2.78. The van der Waals surface area contributed by atoms with Crippen LogP contribution in [0.25, 0.3) is 22.3 Å². The Morgan fingerprint density at radius 2 is 0.864 bits per heavy atom. The van der Waals surface area contributed by atoms with Crippen molar-refractivity contribution in [3.8, 4) is 22.3 Å². The number of alkyl halides is 2. The third-order valence-corrected chi connectivity index (χ3v) is 5.00. The minimum Gasteiger partial charge on any atom is -0.0876 e. The van der Waals surface area contributed by atoms with Gasteiger partial charge in [0.05, 0.1) is 0 Å². The van der Waals surface area contributed by atoms with Crippen molar-refractivity contribution in [2.75, 3.05) is 0 Å². The van der Waals surface area contributed by atoms with E-state index in [0.717, 1.165) is 10.7 Å². The Morgan fingerprint density at radius 3 is 1.18 bits per heavy atom. The van der Waals surface area contributed by atoms with Crippen LogP contribution in [0.5, 0.6) is 0 Å². The van der Waals surface area contributed by atoms with Gasteiger partial charge in [-0.25, -0.2) is 0 Å². The number of rotatable bonds is 4. The Hall–Kier alpha value is -1.38. The van der Waals surface area contributed by atoms with E-state index in [0.29, 0.717) is 0 Å². The molecule has 0 aliphatic carbocycles. The lowest BCUT2D eigenvalue weighted by Crippen LogP contribution is -1.96. The SMILES string of the molecule is BrCc1ccc(CBr)c(-c2ccccc2)c1-c1ccccc1. The summed E-state index contributed by atoms with van der Waals surface area (Å²) in [5.74, 6) is 0. The molecule has 110 valence electrons. The van der Waals surface area contributed by atoms with Crippen molar-refractivity contribution in [1.82, 2.24) is 0 Å². The third kappa shape index (κ3) is 3.04. The molecule has 0 fully saturated rings. The molecule has 0 aliphatic heterocycles. The van der Waals surface area contributed by atoms with E-state index < -0.39 is 0 Å². The molecule has 3 aromatic carbocycles. The first kappa shape index (κ1) is 15.5. The third-order valence-electron chi connectivity index (χ3n) is 3.79. The van der Waals surface area contributed by atoms with Crippen LogP contribution >= 0.6 is 31.9 Å². The van der Waals surface area contributed by atoms with Gasteiger partial charge < -0.3 is 0 Å². The Kier molecular flexibility index (Phi) is 5.12. The topological polar surface area (TPSA) is 0 Å². The summed E-state index contributed by atoms with van der Waals surface area (Å²) in [5.41, 5.74) is 7.79. The highest BCUT2D eigenvalue weighted by molar-refractivity contribution is 9.08. The van der Waals surface area contributed by atoms with Crippen molar-refractivity contribution in [2.24, 2.45) is 0 Å². The summed E-state index contributed by atoms with van der Waals surface area (Å²) in [6.07, 6.45) is 0. The molecule has 0 radical (unpaired) electrons. The maximum atomic E-state index is 3.65. The predicted molar refractivity (Wildman–Crippen MR) is 103 cm³/mol. The Morgan fingerprint density at radius 1 is 0.500 bits per heavy atom. The number of halogens is 2. The number of benzene rings is 3. The lowest BCUT2D eigenvalue weighted by atomic mass is 9.88. The van der Waals surface area contributed by atoms with Crippen LogP contribution < -0.4 is 0 Å². The zero-order valence-electron chi connectivity index (χ0n) is 12.1. The maximum absolute atomic E-state index is 3.65. The van der Waals surface area contributed by atoms with Gasteiger partial charge in [-0.2, -0.15) is 0 Å². The first-order valence-corrected chi connectivity index (χ1v) is 9.47. The van der Waals surface area contributed by atoms with Crippen molar-refractivity contribution in [3.05, 3.63) is 83.9 Å². The number of hydrogen-bond donors (Lipinski definition) is 0. The molecule has 3 rings (SSSR count). The predicted octanol–water partition coefficient (Wildman–Crippen LogP) is 6.81. The highest BCUT2D eigenvalue weighted by Crippen LogP contribution is 2.39. The zero-order chi connectivity index (χ0) is 15.4. The van der Waals surface area contributed by atoms with Crippen LogP contribution in [0.15, 0.2) is 72.8 Å². The molecule has 0 aliphatic rings. The van der Waals surface area contributed by atoms with Crippen molar-refractivity contribution >= 4 is 31.9 Å².